The average Bonchev–Trinajstić information content (AvgIpc) is 3.22. The first kappa shape index (κ1) is 12.9. The van der Waals surface area contributed by atoms with Gasteiger partial charge in [-0.3, -0.25) is 9.88 Å². The number of nitrogens with one attached hydrogen (secondary N) is 1. The maximum atomic E-state index is 4.76. The Morgan fingerprint density at radius 1 is 1.19 bits per heavy atom. The first-order valence-electron chi connectivity index (χ1n) is 7.64. The van der Waals surface area contributed by atoms with Gasteiger partial charge in [0.05, 0.1) is 17.9 Å². The number of nitrogens with zero attached hydrogens (tertiary/aromatic N) is 5. The fraction of sp³-hybridized carbons (Fsp3) is 0.533. The predicted octanol–water partition coefficient (Wildman–Crippen LogP) is 0.941. The van der Waals surface area contributed by atoms with Gasteiger partial charge in [0, 0.05) is 32.2 Å². The van der Waals surface area contributed by atoms with Crippen LogP contribution in [0, 0.1) is 0 Å². The fourth-order valence-corrected chi connectivity index (χ4v) is 2.73. The quantitative estimate of drug-likeness (QED) is 0.885. The minimum Gasteiger partial charge on any atom is -0.315 e. The second kappa shape index (κ2) is 5.54. The van der Waals surface area contributed by atoms with Crippen molar-refractivity contribution in [3.8, 4) is 0 Å². The van der Waals surface area contributed by atoms with Gasteiger partial charge in [0.15, 0.2) is 0 Å². The molecular formula is C15H20N6. The number of pyridine rings is 1. The van der Waals surface area contributed by atoms with Crippen molar-refractivity contribution in [3.05, 3.63) is 41.7 Å². The highest BCUT2D eigenvalue weighted by Crippen LogP contribution is 2.19. The van der Waals surface area contributed by atoms with Gasteiger partial charge in [0.2, 0.25) is 0 Å². The molecule has 0 radical (unpaired) electrons. The maximum Gasteiger partial charge on any atom is 0.147 e. The Morgan fingerprint density at radius 2 is 2.10 bits per heavy atom. The molecule has 1 N–H and O–H groups in total. The molecule has 110 valence electrons. The molecule has 2 aliphatic rings. The zero-order chi connectivity index (χ0) is 14.1. The van der Waals surface area contributed by atoms with Crippen molar-refractivity contribution in [3.63, 3.8) is 0 Å². The van der Waals surface area contributed by atoms with Gasteiger partial charge in [-0.1, -0.05) is 6.07 Å². The Kier molecular flexibility index (Phi) is 3.40. The molecule has 2 aromatic rings. The summed E-state index contributed by atoms with van der Waals surface area (Å²) >= 11 is 0. The number of fused-ring (bicyclic) bond motifs is 1. The van der Waals surface area contributed by atoms with E-state index in [1.807, 2.05) is 6.33 Å². The van der Waals surface area contributed by atoms with Crippen molar-refractivity contribution in [2.24, 2.45) is 0 Å². The SMILES string of the molecule is c1cc(CNC2CC2)nc(CN2CCn3cnnc3C2)c1. The molecule has 1 aliphatic heterocycles. The topological polar surface area (TPSA) is 58.9 Å². The summed E-state index contributed by atoms with van der Waals surface area (Å²) in [5.74, 6) is 1.05. The number of hydrogen-bond donors (Lipinski definition) is 1. The summed E-state index contributed by atoms with van der Waals surface area (Å²) in [4.78, 5) is 7.14. The number of hydrogen-bond acceptors (Lipinski definition) is 5. The van der Waals surface area contributed by atoms with Gasteiger partial charge < -0.3 is 9.88 Å². The van der Waals surface area contributed by atoms with E-state index in [9.17, 15) is 0 Å². The van der Waals surface area contributed by atoms with Gasteiger partial charge in [0.1, 0.15) is 12.2 Å². The van der Waals surface area contributed by atoms with Crippen LogP contribution >= 0.6 is 0 Å². The van der Waals surface area contributed by atoms with E-state index in [0.29, 0.717) is 0 Å². The van der Waals surface area contributed by atoms with E-state index >= 15 is 0 Å². The second-order valence-corrected chi connectivity index (χ2v) is 5.93. The molecule has 0 aromatic carbocycles. The minimum absolute atomic E-state index is 0.726. The molecule has 1 saturated carbocycles. The van der Waals surface area contributed by atoms with E-state index in [-0.39, 0.29) is 0 Å². The Bertz CT molecular complexity index is 618. The first-order chi connectivity index (χ1) is 10.4. The molecule has 6 heteroatoms. The zero-order valence-electron chi connectivity index (χ0n) is 12.1. The van der Waals surface area contributed by atoms with E-state index in [0.717, 1.165) is 56.0 Å². The molecule has 0 atom stereocenters. The Labute approximate surface area is 124 Å². The van der Waals surface area contributed by atoms with E-state index in [1.54, 1.807) is 0 Å². The first-order valence-corrected chi connectivity index (χ1v) is 7.64. The Hall–Kier alpha value is -1.79. The summed E-state index contributed by atoms with van der Waals surface area (Å²) in [7, 11) is 0. The summed E-state index contributed by atoms with van der Waals surface area (Å²) < 4.78 is 2.12. The number of rotatable bonds is 5. The van der Waals surface area contributed by atoms with Crippen LogP contribution in [0.4, 0.5) is 0 Å². The molecule has 0 amide bonds. The minimum atomic E-state index is 0.726. The van der Waals surface area contributed by atoms with Crippen LogP contribution in [0.3, 0.4) is 0 Å². The highest BCUT2D eigenvalue weighted by Gasteiger charge is 2.20. The smallest absolute Gasteiger partial charge is 0.147 e. The third-order valence-corrected chi connectivity index (χ3v) is 4.12. The van der Waals surface area contributed by atoms with Crippen LogP contribution in [0.15, 0.2) is 24.5 Å². The molecule has 0 unspecified atom stereocenters. The second-order valence-electron chi connectivity index (χ2n) is 5.93. The summed E-state index contributed by atoms with van der Waals surface area (Å²) in [6.07, 6.45) is 4.44. The maximum absolute atomic E-state index is 4.76. The molecule has 1 fully saturated rings. The predicted molar refractivity (Wildman–Crippen MR) is 78.2 cm³/mol. The van der Waals surface area contributed by atoms with Crippen molar-refractivity contribution < 1.29 is 0 Å². The molecule has 6 nitrogen and oxygen atoms in total. The van der Waals surface area contributed by atoms with Gasteiger partial charge in [-0.15, -0.1) is 10.2 Å². The van der Waals surface area contributed by atoms with Crippen molar-refractivity contribution in [2.75, 3.05) is 6.54 Å². The molecule has 1 aliphatic carbocycles. The number of aromatic nitrogens is 4. The third-order valence-electron chi connectivity index (χ3n) is 4.12. The van der Waals surface area contributed by atoms with Gasteiger partial charge in [-0.05, 0) is 25.0 Å². The van der Waals surface area contributed by atoms with Gasteiger partial charge >= 0.3 is 0 Å². The largest absolute Gasteiger partial charge is 0.315 e. The van der Waals surface area contributed by atoms with E-state index in [1.165, 1.54) is 12.8 Å². The van der Waals surface area contributed by atoms with Gasteiger partial charge in [-0.2, -0.15) is 0 Å². The molecule has 4 rings (SSSR count). The summed E-state index contributed by atoms with van der Waals surface area (Å²) in [6, 6.07) is 7.05. The van der Waals surface area contributed by atoms with E-state index < -0.39 is 0 Å². The summed E-state index contributed by atoms with van der Waals surface area (Å²) in [5, 5.41) is 11.6. The lowest BCUT2D eigenvalue weighted by Crippen LogP contribution is -2.33. The van der Waals surface area contributed by atoms with Crippen LogP contribution < -0.4 is 5.32 Å². The molecule has 21 heavy (non-hydrogen) atoms. The van der Waals surface area contributed by atoms with Gasteiger partial charge in [-0.25, -0.2) is 0 Å². The molecular weight excluding hydrogens is 264 g/mol. The fourth-order valence-electron chi connectivity index (χ4n) is 2.73. The standard InChI is InChI=1S/C15H20N6/c1-2-13(8-16-12-4-5-12)18-14(3-1)9-20-6-7-21-11-17-19-15(21)10-20/h1-3,11-12,16H,4-10H2. The van der Waals surface area contributed by atoms with Crippen LogP contribution in [0.2, 0.25) is 0 Å². The van der Waals surface area contributed by atoms with Crippen LogP contribution in [-0.2, 0) is 26.2 Å². The molecule has 0 bridgehead atoms. The third kappa shape index (κ3) is 3.11. The molecule has 0 spiro atoms. The summed E-state index contributed by atoms with van der Waals surface area (Å²) in [6.45, 7) is 4.60. The highest BCUT2D eigenvalue weighted by molar-refractivity contribution is 5.12. The van der Waals surface area contributed by atoms with Gasteiger partial charge in [0.25, 0.3) is 0 Å². The average molecular weight is 284 g/mol. The monoisotopic (exact) mass is 284 g/mol. The van der Waals surface area contributed by atoms with Crippen molar-refractivity contribution in [1.29, 1.82) is 0 Å². The zero-order valence-corrected chi connectivity index (χ0v) is 12.1. The van der Waals surface area contributed by atoms with E-state index in [2.05, 4.69) is 43.2 Å². The van der Waals surface area contributed by atoms with Crippen molar-refractivity contribution in [1.82, 2.24) is 30.0 Å². The Morgan fingerprint density at radius 3 is 3.00 bits per heavy atom. The summed E-state index contributed by atoms with van der Waals surface area (Å²) in [5.41, 5.74) is 2.28. The lowest BCUT2D eigenvalue weighted by molar-refractivity contribution is 0.206. The van der Waals surface area contributed by atoms with Crippen molar-refractivity contribution in [2.45, 2.75) is 45.1 Å². The van der Waals surface area contributed by atoms with Crippen LogP contribution in [0.1, 0.15) is 30.1 Å². The highest BCUT2D eigenvalue weighted by atomic mass is 15.3. The molecule has 0 saturated heterocycles. The normalized spacial score (nSPS) is 18.7. The van der Waals surface area contributed by atoms with Crippen LogP contribution in [0.25, 0.3) is 0 Å². The lowest BCUT2D eigenvalue weighted by Gasteiger charge is -2.26. The van der Waals surface area contributed by atoms with E-state index in [4.69, 9.17) is 4.98 Å². The lowest BCUT2D eigenvalue weighted by atomic mass is 10.2. The molecule has 2 aromatic heterocycles. The van der Waals surface area contributed by atoms with Crippen molar-refractivity contribution >= 4 is 0 Å². The molecule has 3 heterocycles. The van der Waals surface area contributed by atoms with Crippen LogP contribution in [0.5, 0.6) is 0 Å². The Balaban J connectivity index is 1.39. The van der Waals surface area contributed by atoms with Crippen LogP contribution in [-0.4, -0.2) is 37.2 Å².